The molecule has 6 nitrogen and oxygen atoms in total. The zero-order chi connectivity index (χ0) is 20.5. The monoisotopic (exact) mass is 395 g/mol. The molecular weight excluding hydrogens is 366 g/mol. The molecule has 3 aliphatic rings. The lowest BCUT2D eigenvalue weighted by Crippen LogP contribution is -2.34. The van der Waals surface area contributed by atoms with Crippen LogP contribution in [0.1, 0.15) is 50.2 Å². The van der Waals surface area contributed by atoms with Crippen LogP contribution in [0.4, 0.5) is 4.79 Å². The van der Waals surface area contributed by atoms with Crippen LogP contribution in [0.25, 0.3) is 0 Å². The molecule has 1 saturated carbocycles. The molecule has 2 unspecified atom stereocenters. The molecule has 2 amide bonds. The van der Waals surface area contributed by atoms with Crippen LogP contribution in [0.3, 0.4) is 0 Å². The maximum absolute atomic E-state index is 12.7. The molecule has 2 fully saturated rings. The average molecular weight is 396 g/mol. The highest BCUT2D eigenvalue weighted by Gasteiger charge is 2.40. The topological polar surface area (TPSA) is 62.2 Å². The Morgan fingerprint density at radius 3 is 2.69 bits per heavy atom. The summed E-state index contributed by atoms with van der Waals surface area (Å²) in [5, 5.41) is 6.45. The largest absolute Gasteiger partial charge is 0.370 e. The fraction of sp³-hybridized carbons (Fsp3) is 0.522. The Hall–Kier alpha value is -2.47. The first-order valence-electron chi connectivity index (χ1n) is 10.5. The van der Waals surface area contributed by atoms with Crippen molar-refractivity contribution in [3.8, 4) is 0 Å². The Balaban J connectivity index is 1.66. The molecule has 2 heterocycles. The number of ether oxygens (including phenoxy) is 1. The van der Waals surface area contributed by atoms with Gasteiger partial charge in [-0.15, -0.1) is 0 Å². The lowest BCUT2D eigenvalue weighted by atomic mass is 9.78. The van der Waals surface area contributed by atoms with Crippen molar-refractivity contribution in [1.29, 1.82) is 0 Å². The van der Waals surface area contributed by atoms with Gasteiger partial charge in [-0.05, 0) is 57.1 Å². The summed E-state index contributed by atoms with van der Waals surface area (Å²) >= 11 is 0. The Morgan fingerprint density at radius 1 is 1.21 bits per heavy atom. The minimum absolute atomic E-state index is 0.0553. The number of Topliss-reactive ketones (excluding diaryl/α,β-unsaturated/α-hetero) is 1. The van der Waals surface area contributed by atoms with Crippen LogP contribution in [0.15, 0.2) is 40.6 Å². The van der Waals surface area contributed by atoms with E-state index in [2.05, 4.69) is 31.2 Å². The molecule has 0 bridgehead atoms. The third kappa shape index (κ3) is 3.99. The van der Waals surface area contributed by atoms with E-state index in [0.29, 0.717) is 6.54 Å². The van der Waals surface area contributed by atoms with Crippen molar-refractivity contribution < 1.29 is 14.3 Å². The molecule has 1 saturated heterocycles. The van der Waals surface area contributed by atoms with Gasteiger partial charge < -0.3 is 9.64 Å². The van der Waals surface area contributed by atoms with Crippen LogP contribution < -0.4 is 0 Å². The number of rotatable bonds is 4. The SMILES string of the molecule is CC(=O)COC1CCCC2=C3CN(C)C(=O)N3N=C(c3ccc(C)cc3)C2CC1. The number of allylic oxidation sites excluding steroid dienone is 1. The second-order valence-corrected chi connectivity index (χ2v) is 8.43. The van der Waals surface area contributed by atoms with E-state index < -0.39 is 0 Å². The molecule has 1 aliphatic carbocycles. The number of ketones is 1. The maximum Gasteiger partial charge on any atom is 0.345 e. The zero-order valence-electron chi connectivity index (χ0n) is 17.5. The van der Waals surface area contributed by atoms with Gasteiger partial charge in [0, 0.05) is 13.0 Å². The highest BCUT2D eigenvalue weighted by molar-refractivity contribution is 6.05. The number of hydrogen-bond donors (Lipinski definition) is 0. The van der Waals surface area contributed by atoms with Gasteiger partial charge in [0.1, 0.15) is 6.61 Å². The number of likely N-dealkylation sites (N-methyl/N-ethyl adjacent to an activating group) is 1. The second-order valence-electron chi connectivity index (χ2n) is 8.43. The van der Waals surface area contributed by atoms with Crippen molar-refractivity contribution >= 4 is 17.5 Å². The molecule has 0 N–H and O–H groups in total. The van der Waals surface area contributed by atoms with E-state index in [0.717, 1.165) is 49.1 Å². The lowest BCUT2D eigenvalue weighted by Gasteiger charge is -2.34. The van der Waals surface area contributed by atoms with Crippen LogP contribution in [0.5, 0.6) is 0 Å². The van der Waals surface area contributed by atoms with Crippen molar-refractivity contribution in [3.63, 3.8) is 0 Å². The van der Waals surface area contributed by atoms with E-state index in [1.807, 2.05) is 7.05 Å². The van der Waals surface area contributed by atoms with Gasteiger partial charge in [-0.1, -0.05) is 29.8 Å². The number of hydrogen-bond acceptors (Lipinski definition) is 4. The van der Waals surface area contributed by atoms with Gasteiger partial charge in [0.2, 0.25) is 0 Å². The van der Waals surface area contributed by atoms with Gasteiger partial charge in [0.05, 0.1) is 24.1 Å². The second kappa shape index (κ2) is 8.11. The number of nitrogens with zero attached hydrogens (tertiary/aromatic N) is 3. The molecule has 154 valence electrons. The molecule has 0 aromatic heterocycles. The first-order valence-corrected chi connectivity index (χ1v) is 10.5. The van der Waals surface area contributed by atoms with Gasteiger partial charge in [-0.3, -0.25) is 4.79 Å². The van der Waals surface area contributed by atoms with E-state index >= 15 is 0 Å². The Bertz CT molecular complexity index is 872. The number of carbonyl (C=O) groups excluding carboxylic acids is 2. The van der Waals surface area contributed by atoms with Crippen molar-refractivity contribution in [1.82, 2.24) is 9.91 Å². The van der Waals surface area contributed by atoms with Crippen LogP contribution in [-0.4, -0.2) is 53.7 Å². The molecule has 1 aromatic rings. The summed E-state index contributed by atoms with van der Waals surface area (Å²) in [7, 11) is 1.83. The highest BCUT2D eigenvalue weighted by atomic mass is 16.5. The molecular formula is C23H29N3O3. The number of urea groups is 1. The standard InChI is InChI=1S/C23H29N3O3/c1-15-7-9-17(10-8-15)22-20-12-11-18(29-14-16(2)27)5-4-6-19(20)21-13-25(3)23(28)26(21)24-22/h7-10,18,20H,4-6,11-14H2,1-3H3. The number of carbonyl (C=O) groups is 2. The van der Waals surface area contributed by atoms with Gasteiger partial charge in [0.25, 0.3) is 0 Å². The van der Waals surface area contributed by atoms with Gasteiger partial charge in [0.15, 0.2) is 5.78 Å². The Labute approximate surface area is 172 Å². The van der Waals surface area contributed by atoms with Crippen molar-refractivity contribution in [2.24, 2.45) is 11.0 Å². The molecule has 4 rings (SSSR count). The van der Waals surface area contributed by atoms with Crippen molar-refractivity contribution in [3.05, 3.63) is 46.7 Å². The minimum atomic E-state index is -0.0553. The lowest BCUT2D eigenvalue weighted by molar-refractivity contribution is -0.123. The molecule has 29 heavy (non-hydrogen) atoms. The third-order valence-corrected chi connectivity index (χ3v) is 6.10. The number of benzene rings is 1. The van der Waals surface area contributed by atoms with Gasteiger partial charge in [-0.2, -0.15) is 10.1 Å². The Morgan fingerprint density at radius 2 is 1.97 bits per heavy atom. The minimum Gasteiger partial charge on any atom is -0.370 e. The zero-order valence-corrected chi connectivity index (χ0v) is 17.5. The molecule has 0 radical (unpaired) electrons. The van der Waals surface area contributed by atoms with Crippen LogP contribution in [-0.2, 0) is 9.53 Å². The van der Waals surface area contributed by atoms with Crippen LogP contribution in [0, 0.1) is 12.8 Å². The van der Waals surface area contributed by atoms with Crippen LogP contribution in [0.2, 0.25) is 0 Å². The highest BCUT2D eigenvalue weighted by Crippen LogP contribution is 2.40. The number of hydrazone groups is 1. The molecule has 1 aromatic carbocycles. The summed E-state index contributed by atoms with van der Waals surface area (Å²) in [4.78, 5) is 25.7. The number of aryl methyl sites for hydroxylation is 1. The summed E-state index contributed by atoms with van der Waals surface area (Å²) < 4.78 is 5.86. The molecule has 2 aliphatic heterocycles. The summed E-state index contributed by atoms with van der Waals surface area (Å²) in [5.74, 6) is 0.254. The predicted molar refractivity (Wildman–Crippen MR) is 112 cm³/mol. The number of amides is 2. The molecule has 2 atom stereocenters. The van der Waals surface area contributed by atoms with E-state index in [1.54, 1.807) is 16.8 Å². The fourth-order valence-electron chi connectivity index (χ4n) is 4.55. The van der Waals surface area contributed by atoms with Gasteiger partial charge in [-0.25, -0.2) is 4.79 Å². The maximum atomic E-state index is 12.7. The van der Waals surface area contributed by atoms with E-state index in [1.165, 1.54) is 11.1 Å². The summed E-state index contributed by atoms with van der Waals surface area (Å²) in [6.45, 7) is 4.45. The first-order chi connectivity index (χ1) is 13.9. The Kier molecular flexibility index (Phi) is 5.54. The number of fused-ring (bicyclic) bond motifs is 2. The third-order valence-electron chi connectivity index (χ3n) is 6.10. The quantitative estimate of drug-likeness (QED) is 0.777. The van der Waals surface area contributed by atoms with E-state index in [-0.39, 0.29) is 30.4 Å². The summed E-state index contributed by atoms with van der Waals surface area (Å²) in [6, 6.07) is 8.33. The van der Waals surface area contributed by atoms with Crippen molar-refractivity contribution in [2.45, 2.75) is 52.1 Å². The average Bonchev–Trinajstić information content (AvgIpc) is 2.95. The smallest absolute Gasteiger partial charge is 0.345 e. The van der Waals surface area contributed by atoms with E-state index in [4.69, 9.17) is 9.84 Å². The molecule has 6 heteroatoms. The summed E-state index contributed by atoms with van der Waals surface area (Å²) in [6.07, 6.45) is 4.78. The first kappa shape index (κ1) is 19.8. The van der Waals surface area contributed by atoms with Crippen molar-refractivity contribution in [2.75, 3.05) is 20.2 Å². The van der Waals surface area contributed by atoms with Crippen LogP contribution >= 0.6 is 0 Å². The van der Waals surface area contributed by atoms with Gasteiger partial charge >= 0.3 is 6.03 Å². The normalized spacial score (nSPS) is 24.7. The summed E-state index contributed by atoms with van der Waals surface area (Å²) in [5.41, 5.74) is 5.65. The predicted octanol–water partition coefficient (Wildman–Crippen LogP) is 3.89. The molecule has 0 spiro atoms. The van der Waals surface area contributed by atoms with E-state index in [9.17, 15) is 9.59 Å². The fourth-order valence-corrected chi connectivity index (χ4v) is 4.55.